The Hall–Kier alpha value is -1.58. The highest BCUT2D eigenvalue weighted by atomic mass is 35.5. The van der Waals surface area contributed by atoms with Gasteiger partial charge in [0.1, 0.15) is 0 Å². The largest absolute Gasteiger partial charge is 0.493 e. The van der Waals surface area contributed by atoms with Gasteiger partial charge in [-0.3, -0.25) is 0 Å². The maximum atomic E-state index is 5.85. The fourth-order valence-corrected chi connectivity index (χ4v) is 2.08. The summed E-state index contributed by atoms with van der Waals surface area (Å²) in [5, 5.41) is 4.10. The van der Waals surface area contributed by atoms with Crippen molar-refractivity contribution in [2.24, 2.45) is 0 Å². The Balaban J connectivity index is 0.00000220. The van der Waals surface area contributed by atoms with Gasteiger partial charge in [-0.15, -0.1) is 12.4 Å². The fraction of sp³-hybridized carbons (Fsp3) is 0.250. The van der Waals surface area contributed by atoms with E-state index < -0.39 is 0 Å². The van der Waals surface area contributed by atoms with Crippen LogP contribution in [0.15, 0.2) is 42.5 Å². The predicted molar refractivity (Wildman–Crippen MR) is 90.4 cm³/mol. The number of anilines is 1. The van der Waals surface area contributed by atoms with Crippen LogP contribution in [0.5, 0.6) is 11.5 Å². The van der Waals surface area contributed by atoms with Crippen LogP contribution >= 0.6 is 24.0 Å². The summed E-state index contributed by atoms with van der Waals surface area (Å²) in [6, 6.07) is 13.7. The summed E-state index contributed by atoms with van der Waals surface area (Å²) in [5.41, 5.74) is 2.26. The Morgan fingerprint density at radius 3 is 2.24 bits per heavy atom. The van der Waals surface area contributed by atoms with Crippen molar-refractivity contribution in [1.29, 1.82) is 0 Å². The molecule has 0 radical (unpaired) electrons. The number of hydrogen-bond donors (Lipinski definition) is 1. The van der Waals surface area contributed by atoms with E-state index in [1.54, 1.807) is 14.2 Å². The van der Waals surface area contributed by atoms with E-state index in [9.17, 15) is 0 Å². The van der Waals surface area contributed by atoms with Crippen molar-refractivity contribution >= 4 is 29.7 Å². The van der Waals surface area contributed by atoms with E-state index >= 15 is 0 Å². The van der Waals surface area contributed by atoms with Crippen molar-refractivity contribution in [3.05, 3.63) is 53.1 Å². The molecule has 0 heterocycles. The molecule has 0 aliphatic rings. The van der Waals surface area contributed by atoms with Gasteiger partial charge >= 0.3 is 0 Å². The van der Waals surface area contributed by atoms with Crippen molar-refractivity contribution < 1.29 is 9.47 Å². The number of halogens is 2. The van der Waals surface area contributed by atoms with Crippen LogP contribution in [0.3, 0.4) is 0 Å². The monoisotopic (exact) mass is 327 g/mol. The van der Waals surface area contributed by atoms with Gasteiger partial charge in [-0.25, -0.2) is 0 Å². The molecule has 0 amide bonds. The highest BCUT2D eigenvalue weighted by Crippen LogP contribution is 2.27. The number of benzene rings is 2. The Labute approximate surface area is 136 Å². The van der Waals surface area contributed by atoms with Crippen molar-refractivity contribution in [3.8, 4) is 11.5 Å². The zero-order valence-corrected chi connectivity index (χ0v) is 13.6. The van der Waals surface area contributed by atoms with Gasteiger partial charge < -0.3 is 14.8 Å². The molecule has 2 aromatic carbocycles. The normalized spacial score (nSPS) is 9.67. The Morgan fingerprint density at radius 2 is 1.62 bits per heavy atom. The van der Waals surface area contributed by atoms with Crippen molar-refractivity contribution in [2.45, 2.75) is 6.42 Å². The van der Waals surface area contributed by atoms with Gasteiger partial charge in [0.15, 0.2) is 11.5 Å². The minimum atomic E-state index is 0. The molecule has 5 heteroatoms. The average molecular weight is 328 g/mol. The summed E-state index contributed by atoms with van der Waals surface area (Å²) in [5.74, 6) is 1.51. The molecule has 21 heavy (non-hydrogen) atoms. The van der Waals surface area contributed by atoms with E-state index in [4.69, 9.17) is 21.1 Å². The Kier molecular flexibility index (Phi) is 7.20. The summed E-state index contributed by atoms with van der Waals surface area (Å²) in [6.45, 7) is 0.844. The Morgan fingerprint density at radius 1 is 0.952 bits per heavy atom. The highest BCUT2D eigenvalue weighted by molar-refractivity contribution is 6.30. The van der Waals surface area contributed by atoms with Gasteiger partial charge in [-0.2, -0.15) is 0 Å². The summed E-state index contributed by atoms with van der Waals surface area (Å²) in [6.07, 6.45) is 0.906. The lowest BCUT2D eigenvalue weighted by Crippen LogP contribution is -2.05. The Bertz CT molecular complexity index is 559. The van der Waals surface area contributed by atoms with E-state index in [-0.39, 0.29) is 12.4 Å². The molecule has 0 aliphatic carbocycles. The van der Waals surface area contributed by atoms with Crippen LogP contribution < -0.4 is 14.8 Å². The lowest BCUT2D eigenvalue weighted by atomic mass is 10.1. The quantitative estimate of drug-likeness (QED) is 0.851. The molecule has 0 saturated heterocycles. The SMILES string of the molecule is COc1ccc(CCNc2ccc(Cl)cc2)cc1OC.Cl. The van der Waals surface area contributed by atoms with Gasteiger partial charge in [0.05, 0.1) is 14.2 Å². The molecule has 1 N–H and O–H groups in total. The molecule has 0 aliphatic heterocycles. The molecular formula is C16H19Cl2NO2. The second-order valence-corrected chi connectivity index (χ2v) is 4.81. The number of rotatable bonds is 6. The molecule has 3 nitrogen and oxygen atoms in total. The van der Waals surface area contributed by atoms with Crippen molar-refractivity contribution in [3.63, 3.8) is 0 Å². The van der Waals surface area contributed by atoms with Crippen LogP contribution in [0, 0.1) is 0 Å². The van der Waals surface area contributed by atoms with E-state index in [2.05, 4.69) is 5.32 Å². The molecule has 2 aromatic rings. The first-order valence-electron chi connectivity index (χ1n) is 6.43. The molecule has 0 atom stereocenters. The number of methoxy groups -OCH3 is 2. The second-order valence-electron chi connectivity index (χ2n) is 4.37. The number of nitrogens with one attached hydrogen (secondary N) is 1. The predicted octanol–water partition coefficient (Wildman–Crippen LogP) is 4.43. The average Bonchev–Trinajstić information content (AvgIpc) is 2.49. The summed E-state index contributed by atoms with van der Waals surface area (Å²) in [7, 11) is 3.28. The smallest absolute Gasteiger partial charge is 0.160 e. The third kappa shape index (κ3) is 5.03. The topological polar surface area (TPSA) is 30.5 Å². The first kappa shape index (κ1) is 17.5. The maximum absolute atomic E-state index is 5.85. The molecule has 0 aromatic heterocycles. The van der Waals surface area contributed by atoms with Crippen LogP contribution in [0.25, 0.3) is 0 Å². The van der Waals surface area contributed by atoms with Crippen LogP contribution in [0.2, 0.25) is 5.02 Å². The summed E-state index contributed by atoms with van der Waals surface area (Å²) in [4.78, 5) is 0. The van der Waals surface area contributed by atoms with Gasteiger partial charge in [-0.1, -0.05) is 17.7 Å². The number of hydrogen-bond acceptors (Lipinski definition) is 3. The summed E-state index contributed by atoms with van der Waals surface area (Å²) >= 11 is 5.85. The molecule has 0 unspecified atom stereocenters. The first-order chi connectivity index (χ1) is 9.72. The molecule has 0 spiro atoms. The molecule has 114 valence electrons. The third-order valence-electron chi connectivity index (χ3n) is 3.03. The number of ether oxygens (including phenoxy) is 2. The van der Waals surface area contributed by atoms with Gasteiger partial charge in [-0.05, 0) is 48.4 Å². The van der Waals surface area contributed by atoms with E-state index in [1.165, 1.54) is 5.56 Å². The lowest BCUT2D eigenvalue weighted by molar-refractivity contribution is 0.354. The van der Waals surface area contributed by atoms with Crippen molar-refractivity contribution in [2.75, 3.05) is 26.1 Å². The second kappa shape index (κ2) is 8.65. The minimum Gasteiger partial charge on any atom is -0.493 e. The maximum Gasteiger partial charge on any atom is 0.160 e. The molecule has 0 bridgehead atoms. The van der Waals surface area contributed by atoms with Crippen LogP contribution in [0.4, 0.5) is 5.69 Å². The highest BCUT2D eigenvalue weighted by Gasteiger charge is 2.04. The third-order valence-corrected chi connectivity index (χ3v) is 3.29. The standard InChI is InChI=1S/C16H18ClNO2.ClH/c1-19-15-8-3-12(11-16(15)20-2)9-10-18-14-6-4-13(17)5-7-14;/h3-8,11,18H,9-10H2,1-2H3;1H. The molecular weight excluding hydrogens is 309 g/mol. The van der Waals surface area contributed by atoms with E-state index in [1.807, 2.05) is 42.5 Å². The zero-order chi connectivity index (χ0) is 14.4. The van der Waals surface area contributed by atoms with Crippen LogP contribution in [-0.2, 0) is 6.42 Å². The van der Waals surface area contributed by atoms with E-state index in [0.717, 1.165) is 35.2 Å². The minimum absolute atomic E-state index is 0. The fourth-order valence-electron chi connectivity index (χ4n) is 1.96. The van der Waals surface area contributed by atoms with E-state index in [0.29, 0.717) is 0 Å². The van der Waals surface area contributed by atoms with Gasteiger partial charge in [0.25, 0.3) is 0 Å². The zero-order valence-electron chi connectivity index (χ0n) is 12.1. The molecule has 0 fully saturated rings. The van der Waals surface area contributed by atoms with Crippen molar-refractivity contribution in [1.82, 2.24) is 0 Å². The lowest BCUT2D eigenvalue weighted by Gasteiger charge is -2.10. The molecule has 2 rings (SSSR count). The van der Waals surface area contributed by atoms with Crippen LogP contribution in [0.1, 0.15) is 5.56 Å². The van der Waals surface area contributed by atoms with Gasteiger partial charge in [0.2, 0.25) is 0 Å². The van der Waals surface area contributed by atoms with Crippen LogP contribution in [-0.4, -0.2) is 20.8 Å². The summed E-state index contributed by atoms with van der Waals surface area (Å²) < 4.78 is 10.5. The first-order valence-corrected chi connectivity index (χ1v) is 6.81. The van der Waals surface area contributed by atoms with Gasteiger partial charge in [0, 0.05) is 17.3 Å². The molecule has 0 saturated carbocycles.